The number of aryl methyl sites for hydroxylation is 2. The van der Waals surface area contributed by atoms with Gasteiger partial charge in [-0.2, -0.15) is 4.31 Å². The Balaban J connectivity index is 1.96. The zero-order chi connectivity index (χ0) is 27.2. The van der Waals surface area contributed by atoms with Crippen LogP contribution in [0.5, 0.6) is 11.5 Å². The quantitative estimate of drug-likeness (QED) is 0.399. The van der Waals surface area contributed by atoms with Crippen LogP contribution in [0.15, 0.2) is 65.6 Å². The lowest BCUT2D eigenvalue weighted by atomic mass is 10.1. The van der Waals surface area contributed by atoms with E-state index in [9.17, 15) is 18.0 Å². The lowest BCUT2D eigenvalue weighted by Gasteiger charge is -2.23. The van der Waals surface area contributed by atoms with E-state index in [-0.39, 0.29) is 34.2 Å². The highest BCUT2D eigenvalue weighted by atomic mass is 32.2. The molecule has 10 heteroatoms. The molecule has 3 aromatic carbocycles. The molecule has 3 rings (SSSR count). The molecule has 0 aliphatic heterocycles. The van der Waals surface area contributed by atoms with Crippen LogP contribution >= 0.6 is 0 Å². The van der Waals surface area contributed by atoms with Crippen molar-refractivity contribution in [3.63, 3.8) is 0 Å². The first-order valence-corrected chi connectivity index (χ1v) is 12.8. The van der Waals surface area contributed by atoms with Gasteiger partial charge in [0.1, 0.15) is 0 Å². The van der Waals surface area contributed by atoms with Gasteiger partial charge >= 0.3 is 5.97 Å². The number of amides is 1. The Hall–Kier alpha value is -3.89. The van der Waals surface area contributed by atoms with Crippen molar-refractivity contribution in [3.05, 3.63) is 82.9 Å². The van der Waals surface area contributed by atoms with Crippen molar-refractivity contribution in [1.82, 2.24) is 4.31 Å². The normalized spacial score (nSPS) is 11.2. The van der Waals surface area contributed by atoms with E-state index in [0.717, 1.165) is 21.0 Å². The molecular weight excluding hydrogens is 496 g/mol. The topological polar surface area (TPSA) is 111 Å². The third-order valence-electron chi connectivity index (χ3n) is 5.66. The van der Waals surface area contributed by atoms with E-state index < -0.39 is 28.4 Å². The van der Waals surface area contributed by atoms with Crippen LogP contribution in [0, 0.1) is 13.8 Å². The maximum absolute atomic E-state index is 13.5. The molecule has 1 N–H and O–H groups in total. The molecule has 0 atom stereocenters. The number of benzene rings is 3. The highest BCUT2D eigenvalue weighted by Gasteiger charge is 2.28. The molecule has 0 aromatic heterocycles. The second-order valence-electron chi connectivity index (χ2n) is 8.36. The van der Waals surface area contributed by atoms with E-state index >= 15 is 0 Å². The molecule has 0 bridgehead atoms. The first-order valence-electron chi connectivity index (χ1n) is 11.4. The van der Waals surface area contributed by atoms with Gasteiger partial charge in [0.2, 0.25) is 15.9 Å². The Labute approximate surface area is 217 Å². The highest BCUT2D eigenvalue weighted by Crippen LogP contribution is 2.34. The molecule has 1 amide bonds. The minimum Gasteiger partial charge on any atom is -0.493 e. The number of esters is 1. The summed E-state index contributed by atoms with van der Waals surface area (Å²) in [6.07, 6.45) is 0. The van der Waals surface area contributed by atoms with Gasteiger partial charge in [0.05, 0.1) is 44.0 Å². The fraction of sp³-hybridized carbons (Fsp3) is 0.259. The summed E-state index contributed by atoms with van der Waals surface area (Å²) in [7, 11) is 0.00664. The van der Waals surface area contributed by atoms with Crippen molar-refractivity contribution < 1.29 is 32.2 Å². The van der Waals surface area contributed by atoms with Crippen LogP contribution in [0.25, 0.3) is 0 Å². The average Bonchev–Trinajstić information content (AvgIpc) is 2.89. The summed E-state index contributed by atoms with van der Waals surface area (Å²) in [5.41, 5.74) is 2.77. The molecule has 0 aliphatic rings. The van der Waals surface area contributed by atoms with E-state index in [1.165, 1.54) is 45.6 Å². The number of carbonyl (C=O) groups excluding carboxylic acids is 2. The molecule has 0 saturated heterocycles. The molecule has 9 nitrogen and oxygen atoms in total. The SMILES string of the molecule is COC(=O)c1cc(OC)c(OC)cc1NC(=O)CN(Cc1ccc(C)cc1)S(=O)(=O)c1ccc(C)cc1. The molecule has 196 valence electrons. The Kier molecular flexibility index (Phi) is 8.90. The van der Waals surface area contributed by atoms with Gasteiger partial charge in [-0.05, 0) is 31.5 Å². The Morgan fingerprint density at radius 2 is 1.38 bits per heavy atom. The second-order valence-corrected chi connectivity index (χ2v) is 10.3. The fourth-order valence-corrected chi connectivity index (χ4v) is 4.98. The van der Waals surface area contributed by atoms with Crippen LogP contribution in [0.4, 0.5) is 5.69 Å². The smallest absolute Gasteiger partial charge is 0.340 e. The molecule has 0 heterocycles. The summed E-state index contributed by atoms with van der Waals surface area (Å²) in [6, 6.07) is 16.6. The summed E-state index contributed by atoms with van der Waals surface area (Å²) in [6.45, 7) is 3.26. The van der Waals surface area contributed by atoms with Gasteiger partial charge in [0.25, 0.3) is 0 Å². The number of methoxy groups -OCH3 is 3. The monoisotopic (exact) mass is 526 g/mol. The number of rotatable bonds is 10. The molecule has 0 spiro atoms. The van der Waals surface area contributed by atoms with Crippen molar-refractivity contribution >= 4 is 27.6 Å². The summed E-state index contributed by atoms with van der Waals surface area (Å²) in [5, 5.41) is 2.63. The number of nitrogens with one attached hydrogen (secondary N) is 1. The lowest BCUT2D eigenvalue weighted by molar-refractivity contribution is -0.116. The Morgan fingerprint density at radius 1 is 0.838 bits per heavy atom. The minimum absolute atomic E-state index is 0.0278. The first-order chi connectivity index (χ1) is 17.6. The van der Waals surface area contributed by atoms with Gasteiger partial charge in [-0.1, -0.05) is 47.5 Å². The zero-order valence-corrected chi connectivity index (χ0v) is 22.2. The van der Waals surface area contributed by atoms with Crippen LogP contribution in [-0.4, -0.2) is 52.5 Å². The van der Waals surface area contributed by atoms with Crippen molar-refractivity contribution in [2.75, 3.05) is 33.2 Å². The maximum atomic E-state index is 13.5. The van der Waals surface area contributed by atoms with E-state index in [0.29, 0.717) is 0 Å². The summed E-state index contributed by atoms with van der Waals surface area (Å²) in [5.74, 6) is -0.821. The number of anilines is 1. The second kappa shape index (κ2) is 11.9. The Bertz CT molecular complexity index is 1370. The number of carbonyl (C=O) groups is 2. The third kappa shape index (κ3) is 6.66. The van der Waals surface area contributed by atoms with Crippen molar-refractivity contribution in [2.45, 2.75) is 25.3 Å². The van der Waals surface area contributed by atoms with Crippen LogP contribution in [0.2, 0.25) is 0 Å². The molecule has 0 fully saturated rings. The van der Waals surface area contributed by atoms with Crippen molar-refractivity contribution in [1.29, 1.82) is 0 Å². The van der Waals surface area contributed by atoms with E-state index in [2.05, 4.69) is 5.32 Å². The van der Waals surface area contributed by atoms with Gasteiger partial charge in [0.15, 0.2) is 11.5 Å². The number of hydrogen-bond donors (Lipinski definition) is 1. The number of sulfonamides is 1. The van der Waals surface area contributed by atoms with Crippen LogP contribution in [0.1, 0.15) is 27.0 Å². The highest BCUT2D eigenvalue weighted by molar-refractivity contribution is 7.89. The van der Waals surface area contributed by atoms with Gasteiger partial charge in [0, 0.05) is 18.7 Å². The number of nitrogens with zero attached hydrogens (tertiary/aromatic N) is 1. The molecular formula is C27H30N2O7S. The van der Waals surface area contributed by atoms with Crippen molar-refractivity contribution in [3.8, 4) is 11.5 Å². The van der Waals surface area contributed by atoms with E-state index in [1.54, 1.807) is 12.1 Å². The van der Waals surface area contributed by atoms with Crippen LogP contribution < -0.4 is 14.8 Å². The first kappa shape index (κ1) is 27.7. The molecule has 0 saturated carbocycles. The number of hydrogen-bond acceptors (Lipinski definition) is 7. The van der Waals surface area contributed by atoms with Gasteiger partial charge in [-0.25, -0.2) is 13.2 Å². The van der Waals surface area contributed by atoms with E-state index in [4.69, 9.17) is 14.2 Å². The van der Waals surface area contributed by atoms with Gasteiger partial charge in [-0.15, -0.1) is 0 Å². The molecule has 0 unspecified atom stereocenters. The fourth-order valence-electron chi connectivity index (χ4n) is 3.59. The number of ether oxygens (including phenoxy) is 3. The van der Waals surface area contributed by atoms with Crippen LogP contribution in [-0.2, 0) is 26.1 Å². The van der Waals surface area contributed by atoms with Crippen LogP contribution in [0.3, 0.4) is 0 Å². The summed E-state index contributed by atoms with van der Waals surface area (Å²) >= 11 is 0. The standard InChI is InChI=1S/C27H30N2O7S/c1-18-6-10-20(11-7-18)16-29(37(32,33)21-12-8-19(2)9-13-21)17-26(30)28-23-15-25(35-4)24(34-3)14-22(23)27(31)36-5/h6-15H,16-17H2,1-5H3,(H,28,30). The molecule has 3 aromatic rings. The molecule has 0 radical (unpaired) electrons. The van der Waals surface area contributed by atoms with E-state index in [1.807, 2.05) is 38.1 Å². The Morgan fingerprint density at radius 3 is 1.92 bits per heavy atom. The summed E-state index contributed by atoms with van der Waals surface area (Å²) in [4.78, 5) is 25.6. The zero-order valence-electron chi connectivity index (χ0n) is 21.4. The maximum Gasteiger partial charge on any atom is 0.340 e. The van der Waals surface area contributed by atoms with Crippen molar-refractivity contribution in [2.24, 2.45) is 0 Å². The average molecular weight is 527 g/mol. The predicted molar refractivity (Wildman–Crippen MR) is 139 cm³/mol. The molecule has 0 aliphatic carbocycles. The van der Waals surface area contributed by atoms with Gasteiger partial charge in [-0.3, -0.25) is 4.79 Å². The summed E-state index contributed by atoms with van der Waals surface area (Å²) < 4.78 is 43.5. The lowest BCUT2D eigenvalue weighted by Crippen LogP contribution is -2.37. The third-order valence-corrected chi connectivity index (χ3v) is 7.47. The minimum atomic E-state index is -4.03. The molecule has 37 heavy (non-hydrogen) atoms. The predicted octanol–water partition coefficient (Wildman–Crippen LogP) is 3.94. The van der Waals surface area contributed by atoms with Gasteiger partial charge < -0.3 is 19.5 Å². The largest absolute Gasteiger partial charge is 0.493 e.